The smallest absolute Gasteiger partial charge is 0.335 e. The fourth-order valence-electron chi connectivity index (χ4n) is 1.69. The molecule has 0 atom stereocenters. The van der Waals surface area contributed by atoms with Crippen molar-refractivity contribution in [1.82, 2.24) is 14.9 Å². The standard InChI is InChI=1S/C15H15N3O3/c19-14(17-8-10-18-9-7-16-11-18)6-3-12-1-4-13(5-2-12)15(20)21/h1-7,9,11H,8,10H2,(H,17,19)(H,20,21)/b6-3+. The first kappa shape index (κ1) is 14.5. The molecule has 0 aliphatic rings. The van der Waals surface area contributed by atoms with E-state index >= 15 is 0 Å². The van der Waals surface area contributed by atoms with Crippen LogP contribution in [0.4, 0.5) is 0 Å². The van der Waals surface area contributed by atoms with Crippen molar-refractivity contribution in [3.05, 3.63) is 60.2 Å². The molecule has 0 aliphatic carbocycles. The summed E-state index contributed by atoms with van der Waals surface area (Å²) in [5.41, 5.74) is 0.988. The maximum absolute atomic E-state index is 11.6. The average molecular weight is 285 g/mol. The summed E-state index contributed by atoms with van der Waals surface area (Å²) in [6.45, 7) is 1.17. The van der Waals surface area contributed by atoms with Crippen LogP contribution in [-0.2, 0) is 11.3 Å². The molecule has 6 heteroatoms. The minimum atomic E-state index is -0.970. The summed E-state index contributed by atoms with van der Waals surface area (Å²) in [5, 5.41) is 11.5. The molecule has 2 rings (SSSR count). The van der Waals surface area contributed by atoms with E-state index in [-0.39, 0.29) is 11.5 Å². The Morgan fingerprint density at radius 2 is 2.05 bits per heavy atom. The van der Waals surface area contributed by atoms with Gasteiger partial charge in [-0.3, -0.25) is 4.79 Å². The van der Waals surface area contributed by atoms with Crippen molar-refractivity contribution < 1.29 is 14.7 Å². The second-order valence-corrected chi connectivity index (χ2v) is 4.35. The highest BCUT2D eigenvalue weighted by atomic mass is 16.4. The summed E-state index contributed by atoms with van der Waals surface area (Å²) in [7, 11) is 0. The van der Waals surface area contributed by atoms with Gasteiger partial charge in [0.15, 0.2) is 0 Å². The van der Waals surface area contributed by atoms with Crippen LogP contribution in [0.3, 0.4) is 0 Å². The molecule has 0 unspecified atom stereocenters. The Labute approximate surface area is 121 Å². The molecule has 2 N–H and O–H groups in total. The second-order valence-electron chi connectivity index (χ2n) is 4.35. The molecular weight excluding hydrogens is 270 g/mol. The highest BCUT2D eigenvalue weighted by Gasteiger charge is 2.00. The van der Waals surface area contributed by atoms with E-state index in [1.165, 1.54) is 18.2 Å². The quantitative estimate of drug-likeness (QED) is 0.786. The summed E-state index contributed by atoms with van der Waals surface area (Å²) in [6.07, 6.45) is 8.25. The van der Waals surface area contributed by atoms with Gasteiger partial charge in [-0.15, -0.1) is 0 Å². The largest absolute Gasteiger partial charge is 0.478 e. The van der Waals surface area contributed by atoms with Gasteiger partial charge in [0.05, 0.1) is 11.9 Å². The van der Waals surface area contributed by atoms with E-state index in [9.17, 15) is 9.59 Å². The Morgan fingerprint density at radius 3 is 2.67 bits per heavy atom. The lowest BCUT2D eigenvalue weighted by molar-refractivity contribution is -0.116. The van der Waals surface area contributed by atoms with Gasteiger partial charge in [0.2, 0.25) is 5.91 Å². The summed E-state index contributed by atoms with van der Waals surface area (Å²) in [6, 6.07) is 6.30. The Bertz CT molecular complexity index is 631. The van der Waals surface area contributed by atoms with Crippen LogP contribution in [0.2, 0.25) is 0 Å². The number of carboxylic acids is 1. The first-order chi connectivity index (χ1) is 10.1. The molecule has 108 valence electrons. The number of nitrogens with one attached hydrogen (secondary N) is 1. The molecule has 0 fully saturated rings. The number of rotatable bonds is 6. The van der Waals surface area contributed by atoms with E-state index < -0.39 is 5.97 Å². The fraction of sp³-hybridized carbons (Fsp3) is 0.133. The SMILES string of the molecule is O=C(/C=C/c1ccc(C(=O)O)cc1)NCCn1ccnc1. The summed E-state index contributed by atoms with van der Waals surface area (Å²) in [4.78, 5) is 26.2. The minimum absolute atomic E-state index is 0.197. The number of carboxylic acid groups (broad SMARTS) is 1. The molecule has 6 nitrogen and oxygen atoms in total. The molecule has 1 aromatic heterocycles. The van der Waals surface area contributed by atoms with E-state index in [1.807, 2.05) is 10.8 Å². The van der Waals surface area contributed by atoms with Crippen molar-refractivity contribution in [2.24, 2.45) is 0 Å². The summed E-state index contributed by atoms with van der Waals surface area (Å²) < 4.78 is 1.87. The monoisotopic (exact) mass is 285 g/mol. The number of nitrogens with zero attached hydrogens (tertiary/aromatic N) is 2. The summed E-state index contributed by atoms with van der Waals surface area (Å²) in [5.74, 6) is -1.17. The van der Waals surface area contributed by atoms with E-state index in [2.05, 4.69) is 10.3 Å². The molecule has 21 heavy (non-hydrogen) atoms. The van der Waals surface area contributed by atoms with E-state index in [1.54, 1.807) is 30.7 Å². The van der Waals surface area contributed by atoms with Crippen LogP contribution in [0, 0.1) is 0 Å². The number of imidazole rings is 1. The van der Waals surface area contributed by atoms with Crippen LogP contribution in [-0.4, -0.2) is 33.1 Å². The number of benzene rings is 1. The van der Waals surface area contributed by atoms with Crippen molar-refractivity contribution in [2.45, 2.75) is 6.54 Å². The number of hydrogen-bond donors (Lipinski definition) is 2. The molecule has 1 amide bonds. The molecule has 1 aromatic carbocycles. The lowest BCUT2D eigenvalue weighted by atomic mass is 10.1. The molecule has 0 saturated heterocycles. The van der Waals surface area contributed by atoms with Crippen molar-refractivity contribution in [2.75, 3.05) is 6.54 Å². The lowest BCUT2D eigenvalue weighted by Crippen LogP contribution is -2.25. The highest BCUT2D eigenvalue weighted by Crippen LogP contribution is 2.06. The van der Waals surface area contributed by atoms with Crippen molar-refractivity contribution >= 4 is 18.0 Å². The summed E-state index contributed by atoms with van der Waals surface area (Å²) >= 11 is 0. The first-order valence-corrected chi connectivity index (χ1v) is 6.40. The van der Waals surface area contributed by atoms with Crippen molar-refractivity contribution in [1.29, 1.82) is 0 Å². The van der Waals surface area contributed by atoms with Crippen molar-refractivity contribution in [3.8, 4) is 0 Å². The molecule has 0 radical (unpaired) electrons. The van der Waals surface area contributed by atoms with Crippen molar-refractivity contribution in [3.63, 3.8) is 0 Å². The highest BCUT2D eigenvalue weighted by molar-refractivity contribution is 5.92. The molecule has 0 spiro atoms. The maximum Gasteiger partial charge on any atom is 0.335 e. The zero-order chi connectivity index (χ0) is 15.1. The predicted molar refractivity (Wildman–Crippen MR) is 77.7 cm³/mol. The molecular formula is C15H15N3O3. The van der Waals surface area contributed by atoms with Gasteiger partial charge in [-0.2, -0.15) is 0 Å². The number of carbonyl (C=O) groups is 2. The van der Waals surface area contributed by atoms with Crippen LogP contribution in [0.15, 0.2) is 49.1 Å². The molecule has 1 heterocycles. The zero-order valence-electron chi connectivity index (χ0n) is 11.3. The van der Waals surface area contributed by atoms with Gasteiger partial charge < -0.3 is 15.0 Å². The third kappa shape index (κ3) is 4.61. The number of aromatic nitrogens is 2. The molecule has 0 aliphatic heterocycles. The topological polar surface area (TPSA) is 84.2 Å². The average Bonchev–Trinajstić information content (AvgIpc) is 2.99. The lowest BCUT2D eigenvalue weighted by Gasteiger charge is -2.02. The third-order valence-corrected chi connectivity index (χ3v) is 2.81. The second kappa shape index (κ2) is 7.04. The van der Waals surface area contributed by atoms with Gasteiger partial charge in [-0.1, -0.05) is 12.1 Å². The van der Waals surface area contributed by atoms with Crippen LogP contribution < -0.4 is 5.32 Å². The van der Waals surface area contributed by atoms with Gasteiger partial charge in [-0.05, 0) is 23.8 Å². The molecule has 0 bridgehead atoms. The molecule has 0 saturated carbocycles. The normalized spacial score (nSPS) is 10.7. The van der Waals surface area contributed by atoms with Crippen LogP contribution in [0.25, 0.3) is 6.08 Å². The van der Waals surface area contributed by atoms with E-state index in [4.69, 9.17) is 5.11 Å². The van der Waals surface area contributed by atoms with Crippen LogP contribution >= 0.6 is 0 Å². The number of hydrogen-bond acceptors (Lipinski definition) is 3. The fourth-order valence-corrected chi connectivity index (χ4v) is 1.69. The van der Waals surface area contributed by atoms with Gasteiger partial charge in [0, 0.05) is 31.6 Å². The first-order valence-electron chi connectivity index (χ1n) is 6.40. The zero-order valence-corrected chi connectivity index (χ0v) is 11.3. The Kier molecular flexibility index (Phi) is 4.87. The number of amides is 1. The van der Waals surface area contributed by atoms with Crippen LogP contribution in [0.5, 0.6) is 0 Å². The predicted octanol–water partition coefficient (Wildman–Crippen LogP) is 1.41. The van der Waals surface area contributed by atoms with E-state index in [0.29, 0.717) is 13.1 Å². The van der Waals surface area contributed by atoms with Gasteiger partial charge >= 0.3 is 5.97 Å². The van der Waals surface area contributed by atoms with E-state index in [0.717, 1.165) is 5.56 Å². The molecule has 2 aromatic rings. The maximum atomic E-state index is 11.6. The third-order valence-electron chi connectivity index (χ3n) is 2.81. The van der Waals surface area contributed by atoms with Crippen LogP contribution in [0.1, 0.15) is 15.9 Å². The Hall–Kier alpha value is -2.89. The van der Waals surface area contributed by atoms with Gasteiger partial charge in [-0.25, -0.2) is 9.78 Å². The Balaban J connectivity index is 1.80. The number of aromatic carboxylic acids is 1. The number of carbonyl (C=O) groups excluding carboxylic acids is 1. The van der Waals surface area contributed by atoms with Gasteiger partial charge in [0.1, 0.15) is 0 Å². The van der Waals surface area contributed by atoms with Gasteiger partial charge in [0.25, 0.3) is 0 Å². The minimum Gasteiger partial charge on any atom is -0.478 e. The Morgan fingerprint density at radius 1 is 1.29 bits per heavy atom.